The summed E-state index contributed by atoms with van der Waals surface area (Å²) in [6.07, 6.45) is 4.58. The Morgan fingerprint density at radius 1 is 1.30 bits per heavy atom. The second-order valence-corrected chi connectivity index (χ2v) is 7.38. The van der Waals surface area contributed by atoms with Gasteiger partial charge in [-0.2, -0.15) is 11.8 Å². The Bertz CT molecular complexity index is 314. The minimum atomic E-state index is -0.0144. The van der Waals surface area contributed by atoms with E-state index in [0.717, 1.165) is 31.1 Å². The fourth-order valence-electron chi connectivity index (χ4n) is 3.11. The molecule has 1 aliphatic carbocycles. The van der Waals surface area contributed by atoms with Crippen molar-refractivity contribution in [3.63, 3.8) is 0 Å². The molecule has 0 aromatic heterocycles. The number of rotatable bonds is 7. The lowest BCUT2D eigenvalue weighted by molar-refractivity contribution is -0.126. The number of hydrogen-bond donors (Lipinski definition) is 2. The molecule has 1 saturated heterocycles. The molecule has 0 spiro atoms. The second kappa shape index (κ2) is 8.25. The van der Waals surface area contributed by atoms with E-state index in [9.17, 15) is 4.79 Å². The molecule has 2 rings (SSSR count). The average molecular weight is 300 g/mol. The van der Waals surface area contributed by atoms with Gasteiger partial charge in [0.1, 0.15) is 0 Å². The van der Waals surface area contributed by atoms with Gasteiger partial charge in [0.2, 0.25) is 5.91 Å². The van der Waals surface area contributed by atoms with Crippen LogP contribution in [0.3, 0.4) is 0 Å². The van der Waals surface area contributed by atoms with Gasteiger partial charge in [0.15, 0.2) is 0 Å². The molecule has 4 atom stereocenters. The summed E-state index contributed by atoms with van der Waals surface area (Å²) in [5.41, 5.74) is 0. The second-order valence-electron chi connectivity index (χ2n) is 5.80. The monoisotopic (exact) mass is 300 g/mol. The van der Waals surface area contributed by atoms with Gasteiger partial charge < -0.3 is 15.4 Å². The fraction of sp³-hybridized carbons (Fsp3) is 0.933. The first-order valence-corrected chi connectivity index (χ1v) is 9.02. The van der Waals surface area contributed by atoms with Crippen molar-refractivity contribution >= 4 is 17.7 Å². The van der Waals surface area contributed by atoms with Gasteiger partial charge in [-0.05, 0) is 38.0 Å². The zero-order chi connectivity index (χ0) is 14.4. The predicted molar refractivity (Wildman–Crippen MR) is 84.1 cm³/mol. The third kappa shape index (κ3) is 4.37. The molecule has 1 amide bonds. The SMILES string of the molecule is CCCNC1COCC1C(=O)NC1CCC(SCC)C1. The highest BCUT2D eigenvalue weighted by molar-refractivity contribution is 7.99. The van der Waals surface area contributed by atoms with Crippen LogP contribution in [0.4, 0.5) is 0 Å². The van der Waals surface area contributed by atoms with E-state index in [1.54, 1.807) is 0 Å². The van der Waals surface area contributed by atoms with Crippen LogP contribution in [0.1, 0.15) is 39.5 Å². The molecule has 4 unspecified atom stereocenters. The van der Waals surface area contributed by atoms with Crippen LogP contribution in [-0.2, 0) is 9.53 Å². The molecule has 0 radical (unpaired) electrons. The molecular formula is C15H28N2O2S. The molecule has 0 aromatic carbocycles. The van der Waals surface area contributed by atoms with Crippen LogP contribution in [0.2, 0.25) is 0 Å². The number of amides is 1. The van der Waals surface area contributed by atoms with Gasteiger partial charge in [-0.25, -0.2) is 0 Å². The van der Waals surface area contributed by atoms with Crippen molar-refractivity contribution < 1.29 is 9.53 Å². The molecule has 2 fully saturated rings. The highest BCUT2D eigenvalue weighted by Gasteiger charge is 2.35. The predicted octanol–water partition coefficient (Wildman–Crippen LogP) is 1.79. The molecule has 1 saturated carbocycles. The van der Waals surface area contributed by atoms with Gasteiger partial charge in [0, 0.05) is 17.3 Å². The topological polar surface area (TPSA) is 50.4 Å². The van der Waals surface area contributed by atoms with Crippen molar-refractivity contribution in [1.82, 2.24) is 10.6 Å². The average Bonchev–Trinajstić information content (AvgIpc) is 3.06. The Hall–Kier alpha value is -0.260. The summed E-state index contributed by atoms with van der Waals surface area (Å²) in [5.74, 6) is 1.34. The first-order chi connectivity index (χ1) is 9.74. The van der Waals surface area contributed by atoms with Crippen LogP contribution in [0.5, 0.6) is 0 Å². The number of hydrogen-bond acceptors (Lipinski definition) is 4. The Balaban J connectivity index is 1.76. The van der Waals surface area contributed by atoms with Crippen LogP contribution in [0.25, 0.3) is 0 Å². The summed E-state index contributed by atoms with van der Waals surface area (Å²) in [4.78, 5) is 12.4. The first-order valence-electron chi connectivity index (χ1n) is 7.97. The van der Waals surface area contributed by atoms with Crippen LogP contribution in [0.15, 0.2) is 0 Å². The first kappa shape index (κ1) is 16.1. The molecule has 0 bridgehead atoms. The molecule has 1 heterocycles. The van der Waals surface area contributed by atoms with E-state index in [1.807, 2.05) is 11.8 Å². The van der Waals surface area contributed by atoms with Gasteiger partial charge in [-0.1, -0.05) is 13.8 Å². The van der Waals surface area contributed by atoms with Crippen LogP contribution >= 0.6 is 11.8 Å². The van der Waals surface area contributed by atoms with E-state index in [2.05, 4.69) is 24.5 Å². The van der Waals surface area contributed by atoms with Gasteiger partial charge in [-0.3, -0.25) is 4.79 Å². The van der Waals surface area contributed by atoms with Gasteiger partial charge in [0.25, 0.3) is 0 Å². The number of carbonyl (C=O) groups excluding carboxylic acids is 1. The van der Waals surface area contributed by atoms with Crippen molar-refractivity contribution in [2.24, 2.45) is 5.92 Å². The Kier molecular flexibility index (Phi) is 6.65. The number of thioether (sulfide) groups is 1. The minimum absolute atomic E-state index is 0.0144. The van der Waals surface area contributed by atoms with Crippen molar-refractivity contribution in [3.05, 3.63) is 0 Å². The Morgan fingerprint density at radius 2 is 2.15 bits per heavy atom. The Morgan fingerprint density at radius 3 is 2.90 bits per heavy atom. The number of carbonyl (C=O) groups is 1. The molecule has 116 valence electrons. The maximum Gasteiger partial charge on any atom is 0.227 e. The van der Waals surface area contributed by atoms with Crippen molar-refractivity contribution in [3.8, 4) is 0 Å². The zero-order valence-corrected chi connectivity index (χ0v) is 13.5. The fourth-order valence-corrected chi connectivity index (χ4v) is 4.25. The number of ether oxygens (including phenoxy) is 1. The minimum Gasteiger partial charge on any atom is -0.379 e. The highest BCUT2D eigenvalue weighted by atomic mass is 32.2. The third-order valence-corrected chi connectivity index (χ3v) is 5.44. The normalized spacial score (nSPS) is 33.5. The summed E-state index contributed by atoms with van der Waals surface area (Å²) < 4.78 is 5.48. The number of nitrogens with one attached hydrogen (secondary N) is 2. The molecule has 5 heteroatoms. The molecule has 2 N–H and O–H groups in total. The van der Waals surface area contributed by atoms with Crippen molar-refractivity contribution in [2.75, 3.05) is 25.5 Å². The van der Waals surface area contributed by atoms with Crippen LogP contribution in [-0.4, -0.2) is 48.8 Å². The van der Waals surface area contributed by atoms with E-state index in [4.69, 9.17) is 4.74 Å². The van der Waals surface area contributed by atoms with E-state index < -0.39 is 0 Å². The molecule has 20 heavy (non-hydrogen) atoms. The van der Waals surface area contributed by atoms with E-state index in [1.165, 1.54) is 12.2 Å². The van der Waals surface area contributed by atoms with Crippen LogP contribution < -0.4 is 10.6 Å². The lowest BCUT2D eigenvalue weighted by atomic mass is 10.0. The van der Waals surface area contributed by atoms with Gasteiger partial charge in [-0.15, -0.1) is 0 Å². The lowest BCUT2D eigenvalue weighted by Crippen LogP contribution is -2.46. The maximum atomic E-state index is 12.4. The molecular weight excluding hydrogens is 272 g/mol. The summed E-state index contributed by atoms with van der Waals surface area (Å²) in [7, 11) is 0. The molecule has 0 aromatic rings. The molecule has 4 nitrogen and oxygen atoms in total. The zero-order valence-electron chi connectivity index (χ0n) is 12.7. The standard InChI is InChI=1S/C15H28N2O2S/c1-3-7-16-14-10-19-9-13(14)15(18)17-11-5-6-12(8-11)20-4-2/h11-14,16H,3-10H2,1-2H3,(H,17,18). The third-order valence-electron chi connectivity index (χ3n) is 4.21. The summed E-state index contributed by atoms with van der Waals surface area (Å²) in [6.45, 7) is 6.53. The van der Waals surface area contributed by atoms with E-state index in [0.29, 0.717) is 19.3 Å². The van der Waals surface area contributed by atoms with Crippen molar-refractivity contribution in [2.45, 2.75) is 56.9 Å². The van der Waals surface area contributed by atoms with Gasteiger partial charge in [0.05, 0.1) is 19.1 Å². The van der Waals surface area contributed by atoms with Gasteiger partial charge >= 0.3 is 0 Å². The largest absolute Gasteiger partial charge is 0.379 e. The summed E-state index contributed by atoms with van der Waals surface area (Å²) in [6, 6.07) is 0.566. The molecule has 2 aliphatic rings. The summed E-state index contributed by atoms with van der Waals surface area (Å²) in [5, 5.41) is 7.40. The smallest absolute Gasteiger partial charge is 0.227 e. The van der Waals surface area contributed by atoms with Crippen LogP contribution in [0, 0.1) is 5.92 Å². The van der Waals surface area contributed by atoms with E-state index >= 15 is 0 Å². The lowest BCUT2D eigenvalue weighted by Gasteiger charge is -2.21. The summed E-state index contributed by atoms with van der Waals surface area (Å²) >= 11 is 2.03. The highest BCUT2D eigenvalue weighted by Crippen LogP contribution is 2.30. The maximum absolute atomic E-state index is 12.4. The Labute approximate surface area is 126 Å². The molecule has 1 aliphatic heterocycles. The van der Waals surface area contributed by atoms with E-state index in [-0.39, 0.29) is 17.9 Å². The quantitative estimate of drug-likeness (QED) is 0.753. The van der Waals surface area contributed by atoms with Crippen molar-refractivity contribution in [1.29, 1.82) is 0 Å².